The minimum Gasteiger partial charge on any atom is -0.463 e. The van der Waals surface area contributed by atoms with Gasteiger partial charge in [-0.15, -0.1) is 0 Å². The van der Waals surface area contributed by atoms with Crippen LogP contribution in [0.15, 0.2) is 88.9 Å². The van der Waals surface area contributed by atoms with Crippen LogP contribution in [0, 0.1) is 0 Å². The zero-order valence-electron chi connectivity index (χ0n) is 16.9. The predicted octanol–water partition coefficient (Wildman–Crippen LogP) is 5.79. The summed E-state index contributed by atoms with van der Waals surface area (Å²) in [5.74, 6) is 0.348. The third-order valence-electron chi connectivity index (χ3n) is 5.36. The number of carbonyl (C=O) groups is 1. The fourth-order valence-electron chi connectivity index (χ4n) is 4.09. The number of imidazole rings is 1. The highest BCUT2D eigenvalue weighted by Gasteiger charge is 2.36. The molecule has 2 heterocycles. The largest absolute Gasteiger partial charge is 0.463 e. The summed E-state index contributed by atoms with van der Waals surface area (Å²) in [6.07, 6.45) is 0. The van der Waals surface area contributed by atoms with Crippen LogP contribution >= 0.6 is 15.9 Å². The molecule has 0 amide bonds. The number of benzene rings is 3. The molecule has 0 fully saturated rings. The smallest absolute Gasteiger partial charge is 0.338 e. The van der Waals surface area contributed by atoms with Gasteiger partial charge in [0, 0.05) is 4.47 Å². The number of hydrogen-bond donors (Lipinski definition) is 1. The maximum Gasteiger partial charge on any atom is 0.338 e. The number of halogens is 1. The maximum atomic E-state index is 13.4. The van der Waals surface area contributed by atoms with Crippen LogP contribution in [0.4, 0.5) is 5.95 Å². The van der Waals surface area contributed by atoms with Gasteiger partial charge in [0.25, 0.3) is 0 Å². The van der Waals surface area contributed by atoms with Gasteiger partial charge in [-0.2, -0.15) is 0 Å². The van der Waals surface area contributed by atoms with E-state index in [1.54, 1.807) is 0 Å². The molecule has 31 heavy (non-hydrogen) atoms. The first kappa shape index (κ1) is 19.6. The summed E-state index contributed by atoms with van der Waals surface area (Å²) in [6.45, 7) is 2.12. The Morgan fingerprint density at radius 2 is 1.84 bits per heavy atom. The van der Waals surface area contributed by atoms with E-state index in [9.17, 15) is 4.79 Å². The van der Waals surface area contributed by atoms with Crippen molar-refractivity contribution in [2.75, 3.05) is 11.9 Å². The molecule has 1 aromatic heterocycles. The van der Waals surface area contributed by atoms with Crippen molar-refractivity contribution in [2.24, 2.45) is 0 Å². The van der Waals surface area contributed by atoms with Crippen molar-refractivity contribution in [3.63, 3.8) is 0 Å². The summed E-state index contributed by atoms with van der Waals surface area (Å²) in [4.78, 5) is 18.2. The predicted molar refractivity (Wildman–Crippen MR) is 126 cm³/mol. The Morgan fingerprint density at radius 1 is 1.06 bits per heavy atom. The lowest BCUT2D eigenvalue weighted by atomic mass is 9.92. The van der Waals surface area contributed by atoms with Gasteiger partial charge in [0.1, 0.15) is 0 Å². The summed E-state index contributed by atoms with van der Waals surface area (Å²) in [5, 5.41) is 3.43. The number of esters is 1. The molecule has 1 N–H and O–H groups in total. The summed E-state index contributed by atoms with van der Waals surface area (Å²) in [7, 11) is 0. The Kier molecular flexibility index (Phi) is 5.08. The SMILES string of the molecule is CCOC(=O)C1=C(c2ccccc2)Nc2nc3ccccc3n2[C@@H]1c1cccc(Br)c1. The number of carbonyl (C=O) groups excluding carboxylic acids is 1. The van der Waals surface area contributed by atoms with Gasteiger partial charge in [-0.3, -0.25) is 4.57 Å². The molecule has 0 bridgehead atoms. The van der Waals surface area contributed by atoms with Crippen molar-refractivity contribution < 1.29 is 9.53 Å². The van der Waals surface area contributed by atoms with Gasteiger partial charge in [-0.25, -0.2) is 9.78 Å². The van der Waals surface area contributed by atoms with Crippen molar-refractivity contribution in [1.29, 1.82) is 0 Å². The average molecular weight is 474 g/mol. The average Bonchev–Trinajstić information content (AvgIpc) is 3.17. The van der Waals surface area contributed by atoms with Crippen LogP contribution in [-0.4, -0.2) is 22.1 Å². The molecular formula is C25H20BrN3O2. The molecule has 0 saturated heterocycles. The normalized spacial score (nSPS) is 15.5. The standard InChI is InChI=1S/C25H20BrN3O2/c1-2-31-24(30)21-22(16-9-4-3-5-10-16)28-25-27-19-13-6-7-14-20(19)29(25)23(21)17-11-8-12-18(26)15-17/h3-15,23H,2H2,1H3,(H,27,28)/t23-/m1/s1. The molecule has 154 valence electrons. The van der Waals surface area contributed by atoms with Gasteiger partial charge < -0.3 is 10.1 Å². The molecule has 6 heteroatoms. The van der Waals surface area contributed by atoms with E-state index in [1.165, 1.54) is 0 Å². The molecule has 1 aliphatic heterocycles. The zero-order chi connectivity index (χ0) is 21.4. The van der Waals surface area contributed by atoms with Gasteiger partial charge in [0.15, 0.2) is 0 Å². The van der Waals surface area contributed by atoms with Gasteiger partial charge >= 0.3 is 5.97 Å². The molecular weight excluding hydrogens is 454 g/mol. The Balaban J connectivity index is 1.84. The fourth-order valence-corrected chi connectivity index (χ4v) is 4.50. The molecule has 3 aromatic carbocycles. The van der Waals surface area contributed by atoms with Crippen LogP contribution in [0.3, 0.4) is 0 Å². The second-order valence-electron chi connectivity index (χ2n) is 7.25. The maximum absolute atomic E-state index is 13.4. The molecule has 1 atom stereocenters. The van der Waals surface area contributed by atoms with Crippen LogP contribution in [0.1, 0.15) is 24.1 Å². The minimum atomic E-state index is -0.393. The summed E-state index contributed by atoms with van der Waals surface area (Å²) in [5.41, 5.74) is 4.96. The van der Waals surface area contributed by atoms with Crippen molar-refractivity contribution in [2.45, 2.75) is 13.0 Å². The summed E-state index contributed by atoms with van der Waals surface area (Å²) < 4.78 is 8.56. The number of rotatable bonds is 4. The van der Waals surface area contributed by atoms with Crippen LogP contribution in [0.5, 0.6) is 0 Å². The third kappa shape index (κ3) is 3.43. The Hall–Kier alpha value is -3.38. The topological polar surface area (TPSA) is 56.1 Å². The highest BCUT2D eigenvalue weighted by atomic mass is 79.9. The lowest BCUT2D eigenvalue weighted by Crippen LogP contribution is -2.29. The van der Waals surface area contributed by atoms with Gasteiger partial charge in [-0.1, -0.05) is 70.5 Å². The Labute approximate surface area is 188 Å². The molecule has 0 saturated carbocycles. The van der Waals surface area contributed by atoms with Crippen molar-refractivity contribution >= 4 is 44.6 Å². The lowest BCUT2D eigenvalue weighted by molar-refractivity contribution is -0.138. The highest BCUT2D eigenvalue weighted by molar-refractivity contribution is 9.10. The quantitative estimate of drug-likeness (QED) is 0.381. The number of ether oxygens (including phenoxy) is 1. The fraction of sp³-hybridized carbons (Fsp3) is 0.120. The molecule has 0 unspecified atom stereocenters. The molecule has 1 aliphatic rings. The Bertz CT molecular complexity index is 1310. The number of anilines is 1. The van der Waals surface area contributed by atoms with E-state index in [-0.39, 0.29) is 5.97 Å². The lowest BCUT2D eigenvalue weighted by Gasteiger charge is -2.31. The molecule has 4 aromatic rings. The summed E-state index contributed by atoms with van der Waals surface area (Å²) >= 11 is 3.58. The Morgan fingerprint density at radius 3 is 2.61 bits per heavy atom. The van der Waals surface area contributed by atoms with Gasteiger partial charge in [0.2, 0.25) is 5.95 Å². The van der Waals surface area contributed by atoms with E-state index in [0.717, 1.165) is 26.6 Å². The van der Waals surface area contributed by atoms with Crippen LogP contribution in [-0.2, 0) is 9.53 Å². The third-order valence-corrected chi connectivity index (χ3v) is 5.85. The molecule has 0 radical (unpaired) electrons. The van der Waals surface area contributed by atoms with Crippen LogP contribution in [0.2, 0.25) is 0 Å². The van der Waals surface area contributed by atoms with E-state index >= 15 is 0 Å². The van der Waals surface area contributed by atoms with E-state index in [4.69, 9.17) is 9.72 Å². The van der Waals surface area contributed by atoms with Crippen molar-refractivity contribution in [3.8, 4) is 0 Å². The number of hydrogen-bond acceptors (Lipinski definition) is 4. The summed E-state index contributed by atoms with van der Waals surface area (Å²) in [6, 6.07) is 25.4. The monoisotopic (exact) mass is 473 g/mol. The van der Waals surface area contributed by atoms with Crippen molar-refractivity contribution in [1.82, 2.24) is 9.55 Å². The molecule has 5 rings (SSSR count). The van der Waals surface area contributed by atoms with Crippen molar-refractivity contribution in [3.05, 3.63) is 100 Å². The molecule has 5 nitrogen and oxygen atoms in total. The number of fused-ring (bicyclic) bond motifs is 3. The van der Waals surface area contributed by atoms with E-state index in [1.807, 2.05) is 85.8 Å². The van der Waals surface area contributed by atoms with Gasteiger partial charge in [-0.05, 0) is 42.3 Å². The van der Waals surface area contributed by atoms with E-state index in [2.05, 4.69) is 25.8 Å². The van der Waals surface area contributed by atoms with Gasteiger partial charge in [0.05, 0.1) is 35.0 Å². The first-order valence-corrected chi connectivity index (χ1v) is 10.9. The highest BCUT2D eigenvalue weighted by Crippen LogP contribution is 2.42. The number of nitrogens with zero attached hydrogens (tertiary/aromatic N) is 2. The second-order valence-corrected chi connectivity index (χ2v) is 8.17. The van der Waals surface area contributed by atoms with Crippen LogP contribution < -0.4 is 5.32 Å². The molecule has 0 spiro atoms. The second kappa shape index (κ2) is 8.04. The van der Waals surface area contributed by atoms with E-state index in [0.29, 0.717) is 23.8 Å². The first-order valence-electron chi connectivity index (χ1n) is 10.1. The number of nitrogens with one attached hydrogen (secondary N) is 1. The number of para-hydroxylation sites is 2. The van der Waals surface area contributed by atoms with E-state index < -0.39 is 6.04 Å². The van der Waals surface area contributed by atoms with Crippen LogP contribution in [0.25, 0.3) is 16.7 Å². The molecule has 0 aliphatic carbocycles. The zero-order valence-corrected chi connectivity index (χ0v) is 18.5. The minimum absolute atomic E-state index is 0.299. The number of aromatic nitrogens is 2. The first-order chi connectivity index (χ1) is 15.2.